The van der Waals surface area contributed by atoms with Crippen molar-refractivity contribution in [3.8, 4) is 0 Å². The molecule has 1 rings (SSSR count). The number of nitrogens with one attached hydrogen (secondary N) is 1. The van der Waals surface area contributed by atoms with Crippen LogP contribution in [0.3, 0.4) is 0 Å². The molecule has 0 heterocycles. The number of benzene rings is 1. The van der Waals surface area contributed by atoms with Gasteiger partial charge in [-0.25, -0.2) is 0 Å². The highest BCUT2D eigenvalue weighted by Gasteiger charge is 2.16. The van der Waals surface area contributed by atoms with Crippen molar-refractivity contribution in [2.24, 2.45) is 0 Å². The molecular formula is C12H17ClN2O. The maximum absolute atomic E-state index is 12.2. The van der Waals surface area contributed by atoms with Gasteiger partial charge in [0.2, 0.25) is 0 Å². The van der Waals surface area contributed by atoms with E-state index in [4.69, 9.17) is 11.6 Å². The van der Waals surface area contributed by atoms with Crippen LogP contribution in [0.2, 0.25) is 5.02 Å². The van der Waals surface area contributed by atoms with E-state index >= 15 is 0 Å². The van der Waals surface area contributed by atoms with Gasteiger partial charge >= 0.3 is 0 Å². The molecule has 1 amide bonds. The van der Waals surface area contributed by atoms with Gasteiger partial charge in [-0.3, -0.25) is 4.79 Å². The topological polar surface area (TPSA) is 32.3 Å². The first-order valence-electron chi connectivity index (χ1n) is 5.40. The van der Waals surface area contributed by atoms with Crippen LogP contribution in [0.25, 0.3) is 0 Å². The van der Waals surface area contributed by atoms with Crippen molar-refractivity contribution in [1.82, 2.24) is 4.90 Å². The van der Waals surface area contributed by atoms with Crippen LogP contribution in [0.5, 0.6) is 0 Å². The number of halogens is 1. The predicted octanol–water partition coefficient (Wildman–Crippen LogP) is 2.86. The lowest BCUT2D eigenvalue weighted by molar-refractivity contribution is 0.0774. The van der Waals surface area contributed by atoms with Crippen LogP contribution >= 0.6 is 11.6 Å². The van der Waals surface area contributed by atoms with Crippen molar-refractivity contribution in [1.29, 1.82) is 0 Å². The Morgan fingerprint density at radius 2 is 2.00 bits per heavy atom. The fourth-order valence-electron chi connectivity index (χ4n) is 1.59. The second-order valence-corrected chi connectivity index (χ2v) is 3.85. The van der Waals surface area contributed by atoms with Crippen molar-refractivity contribution >= 4 is 23.2 Å². The Hall–Kier alpha value is -1.22. The average molecular weight is 241 g/mol. The van der Waals surface area contributed by atoms with Crippen LogP contribution in [0.1, 0.15) is 24.2 Å². The Kier molecular flexibility index (Phi) is 4.62. The van der Waals surface area contributed by atoms with E-state index in [1.807, 2.05) is 19.9 Å². The fraction of sp³-hybridized carbons (Fsp3) is 0.417. The summed E-state index contributed by atoms with van der Waals surface area (Å²) in [7, 11) is 1.79. The van der Waals surface area contributed by atoms with Gasteiger partial charge in [0.1, 0.15) is 0 Å². The highest BCUT2D eigenvalue weighted by molar-refractivity contribution is 6.31. The summed E-state index contributed by atoms with van der Waals surface area (Å²) < 4.78 is 0. The lowest BCUT2D eigenvalue weighted by Gasteiger charge is -2.20. The van der Waals surface area contributed by atoms with Gasteiger partial charge in [-0.1, -0.05) is 11.6 Å². The van der Waals surface area contributed by atoms with Crippen molar-refractivity contribution in [2.45, 2.75) is 13.8 Å². The molecule has 1 N–H and O–H groups in total. The van der Waals surface area contributed by atoms with Gasteiger partial charge < -0.3 is 10.2 Å². The molecule has 88 valence electrons. The van der Waals surface area contributed by atoms with Crippen LogP contribution in [-0.4, -0.2) is 30.9 Å². The summed E-state index contributed by atoms with van der Waals surface area (Å²) in [5, 5.41) is 3.58. The molecule has 1 aromatic rings. The minimum Gasteiger partial charge on any atom is -0.387 e. The zero-order chi connectivity index (χ0) is 12.1. The van der Waals surface area contributed by atoms with Crippen LogP contribution < -0.4 is 5.32 Å². The molecular weight excluding hydrogens is 224 g/mol. The summed E-state index contributed by atoms with van der Waals surface area (Å²) in [4.78, 5) is 13.9. The molecule has 0 fully saturated rings. The lowest BCUT2D eigenvalue weighted by atomic mass is 10.1. The molecule has 4 heteroatoms. The van der Waals surface area contributed by atoms with Gasteiger partial charge in [-0.15, -0.1) is 0 Å². The van der Waals surface area contributed by atoms with E-state index in [0.717, 1.165) is 5.69 Å². The summed E-state index contributed by atoms with van der Waals surface area (Å²) in [6, 6.07) is 5.29. The van der Waals surface area contributed by atoms with E-state index < -0.39 is 0 Å². The first-order chi connectivity index (χ1) is 7.63. The minimum atomic E-state index is 0.0110. The van der Waals surface area contributed by atoms with Crippen LogP contribution in [-0.2, 0) is 0 Å². The first kappa shape index (κ1) is 12.8. The molecule has 0 atom stereocenters. The number of rotatable bonds is 4. The van der Waals surface area contributed by atoms with Gasteiger partial charge in [0.25, 0.3) is 5.91 Å². The van der Waals surface area contributed by atoms with Crippen molar-refractivity contribution < 1.29 is 4.79 Å². The SMILES string of the molecule is CCN(CC)C(=O)c1cc(Cl)ccc1NC. The maximum Gasteiger partial charge on any atom is 0.255 e. The molecule has 0 bridgehead atoms. The zero-order valence-corrected chi connectivity index (χ0v) is 10.6. The molecule has 0 spiro atoms. The van der Waals surface area contributed by atoms with E-state index in [1.165, 1.54) is 0 Å². The monoisotopic (exact) mass is 240 g/mol. The van der Waals surface area contributed by atoms with E-state index in [2.05, 4.69) is 5.32 Å². The molecule has 0 aliphatic carbocycles. The lowest BCUT2D eigenvalue weighted by Crippen LogP contribution is -2.30. The quantitative estimate of drug-likeness (QED) is 0.878. The Morgan fingerprint density at radius 3 is 2.50 bits per heavy atom. The normalized spacial score (nSPS) is 10.0. The van der Waals surface area contributed by atoms with Crippen molar-refractivity contribution in [3.63, 3.8) is 0 Å². The molecule has 0 saturated carbocycles. The largest absolute Gasteiger partial charge is 0.387 e. The Morgan fingerprint density at radius 1 is 1.38 bits per heavy atom. The molecule has 16 heavy (non-hydrogen) atoms. The molecule has 0 saturated heterocycles. The zero-order valence-electron chi connectivity index (χ0n) is 9.88. The number of carbonyl (C=O) groups is 1. The van der Waals surface area contributed by atoms with Gasteiger partial charge in [0.15, 0.2) is 0 Å². The third kappa shape index (κ3) is 2.67. The molecule has 0 radical (unpaired) electrons. The molecule has 0 aliphatic heterocycles. The standard InChI is InChI=1S/C12H17ClN2O/c1-4-15(5-2)12(16)10-8-9(13)6-7-11(10)14-3/h6-8,14H,4-5H2,1-3H3. The minimum absolute atomic E-state index is 0.0110. The van der Waals surface area contributed by atoms with Crippen molar-refractivity contribution in [2.75, 3.05) is 25.5 Å². The Balaban J connectivity index is 3.10. The second kappa shape index (κ2) is 5.75. The fourth-order valence-corrected chi connectivity index (χ4v) is 1.76. The van der Waals surface area contributed by atoms with Gasteiger partial charge in [0.05, 0.1) is 5.56 Å². The van der Waals surface area contributed by atoms with E-state index in [1.54, 1.807) is 24.1 Å². The average Bonchev–Trinajstić information content (AvgIpc) is 2.30. The van der Waals surface area contributed by atoms with Crippen LogP contribution in [0, 0.1) is 0 Å². The third-order valence-corrected chi connectivity index (χ3v) is 2.77. The summed E-state index contributed by atoms with van der Waals surface area (Å²) in [6.45, 7) is 5.33. The van der Waals surface area contributed by atoms with Crippen LogP contribution in [0.4, 0.5) is 5.69 Å². The Bertz CT molecular complexity index is 375. The number of amides is 1. The van der Waals surface area contributed by atoms with Crippen molar-refractivity contribution in [3.05, 3.63) is 28.8 Å². The summed E-state index contributed by atoms with van der Waals surface area (Å²) >= 11 is 5.91. The van der Waals surface area contributed by atoms with Crippen LogP contribution in [0.15, 0.2) is 18.2 Å². The predicted molar refractivity (Wildman–Crippen MR) is 68.3 cm³/mol. The second-order valence-electron chi connectivity index (χ2n) is 3.42. The number of nitrogens with zero attached hydrogens (tertiary/aromatic N) is 1. The molecule has 0 aliphatic rings. The third-order valence-electron chi connectivity index (χ3n) is 2.53. The number of anilines is 1. The van der Waals surface area contributed by atoms with Gasteiger partial charge in [0, 0.05) is 30.8 Å². The number of carbonyl (C=O) groups excluding carboxylic acids is 1. The maximum atomic E-state index is 12.2. The number of hydrogen-bond donors (Lipinski definition) is 1. The highest BCUT2D eigenvalue weighted by Crippen LogP contribution is 2.21. The highest BCUT2D eigenvalue weighted by atomic mass is 35.5. The summed E-state index contributed by atoms with van der Waals surface area (Å²) in [6.07, 6.45) is 0. The number of hydrogen-bond acceptors (Lipinski definition) is 2. The molecule has 1 aromatic carbocycles. The smallest absolute Gasteiger partial charge is 0.255 e. The van der Waals surface area contributed by atoms with Gasteiger partial charge in [-0.05, 0) is 32.0 Å². The van der Waals surface area contributed by atoms with E-state index in [-0.39, 0.29) is 5.91 Å². The first-order valence-corrected chi connectivity index (χ1v) is 5.78. The summed E-state index contributed by atoms with van der Waals surface area (Å²) in [5.41, 5.74) is 1.43. The van der Waals surface area contributed by atoms with E-state index in [0.29, 0.717) is 23.7 Å². The molecule has 0 aromatic heterocycles. The Labute approximate surface area is 101 Å². The molecule has 0 unspecified atom stereocenters. The van der Waals surface area contributed by atoms with Gasteiger partial charge in [-0.2, -0.15) is 0 Å². The summed E-state index contributed by atoms with van der Waals surface area (Å²) in [5.74, 6) is 0.0110. The van der Waals surface area contributed by atoms with E-state index in [9.17, 15) is 4.79 Å². The molecule has 3 nitrogen and oxygen atoms in total.